The predicted octanol–water partition coefficient (Wildman–Crippen LogP) is 4.10. The van der Waals surface area contributed by atoms with Crippen LogP contribution < -0.4 is 0 Å². The van der Waals surface area contributed by atoms with Crippen molar-refractivity contribution in [2.45, 2.75) is 38.3 Å². The highest BCUT2D eigenvalue weighted by atomic mass is 79.9. The minimum absolute atomic E-state index is 0.205. The van der Waals surface area contributed by atoms with E-state index in [2.05, 4.69) is 20.8 Å². The second-order valence-corrected chi connectivity index (χ2v) is 6.28. The molecule has 2 fully saturated rings. The Morgan fingerprint density at radius 3 is 2.50 bits per heavy atom. The third-order valence-electron chi connectivity index (χ3n) is 3.75. The van der Waals surface area contributed by atoms with Crippen molar-refractivity contribution in [3.05, 3.63) is 33.8 Å². The second-order valence-electron chi connectivity index (χ2n) is 5.43. The Labute approximate surface area is 114 Å². The minimum atomic E-state index is -0.448. The Morgan fingerprint density at radius 2 is 1.89 bits per heavy atom. The Morgan fingerprint density at radius 1 is 1.17 bits per heavy atom. The first-order chi connectivity index (χ1) is 8.65. The first kappa shape index (κ1) is 12.5. The van der Waals surface area contributed by atoms with Crippen LogP contribution in [0, 0.1) is 17.6 Å². The average molecular weight is 316 g/mol. The van der Waals surface area contributed by atoms with Gasteiger partial charge in [-0.05, 0) is 59.7 Å². The highest BCUT2D eigenvalue weighted by Crippen LogP contribution is 2.36. The van der Waals surface area contributed by atoms with E-state index in [1.165, 1.54) is 37.8 Å². The van der Waals surface area contributed by atoms with E-state index >= 15 is 0 Å². The zero-order valence-corrected chi connectivity index (χ0v) is 11.7. The van der Waals surface area contributed by atoms with E-state index in [1.54, 1.807) is 0 Å². The fourth-order valence-corrected chi connectivity index (χ4v) is 2.70. The topological polar surface area (TPSA) is 3.24 Å². The fourth-order valence-electron chi connectivity index (χ4n) is 2.33. The lowest BCUT2D eigenvalue weighted by Crippen LogP contribution is -2.28. The van der Waals surface area contributed by atoms with Crippen LogP contribution in [0.5, 0.6) is 0 Å². The van der Waals surface area contributed by atoms with Crippen LogP contribution in [-0.2, 0) is 6.54 Å². The molecule has 1 nitrogen and oxygen atoms in total. The molecule has 4 heteroatoms. The number of rotatable bonds is 5. The molecule has 98 valence electrons. The summed E-state index contributed by atoms with van der Waals surface area (Å²) in [5.74, 6) is -0.127. The molecule has 0 spiro atoms. The Balaban J connectivity index is 1.78. The molecule has 0 heterocycles. The molecule has 18 heavy (non-hydrogen) atoms. The molecule has 1 aromatic rings. The Bertz CT molecular complexity index is 455. The number of nitrogens with zero attached hydrogens (tertiary/aromatic N) is 1. The monoisotopic (exact) mass is 315 g/mol. The van der Waals surface area contributed by atoms with Gasteiger partial charge in [0.25, 0.3) is 0 Å². The lowest BCUT2D eigenvalue weighted by Gasteiger charge is -2.22. The van der Waals surface area contributed by atoms with Gasteiger partial charge in [-0.1, -0.05) is 0 Å². The van der Waals surface area contributed by atoms with E-state index in [-0.39, 0.29) is 5.56 Å². The van der Waals surface area contributed by atoms with Crippen LogP contribution in [0.1, 0.15) is 31.2 Å². The van der Waals surface area contributed by atoms with Crippen LogP contribution in [0.4, 0.5) is 8.78 Å². The Hall–Kier alpha value is -0.480. The zero-order valence-electron chi connectivity index (χ0n) is 10.1. The summed E-state index contributed by atoms with van der Waals surface area (Å²) < 4.78 is 28.0. The van der Waals surface area contributed by atoms with Gasteiger partial charge in [0.05, 0.1) is 4.47 Å². The van der Waals surface area contributed by atoms with Crippen molar-refractivity contribution in [3.63, 3.8) is 0 Å². The van der Waals surface area contributed by atoms with Crippen molar-refractivity contribution in [1.29, 1.82) is 0 Å². The van der Waals surface area contributed by atoms with Crippen molar-refractivity contribution >= 4 is 15.9 Å². The van der Waals surface area contributed by atoms with E-state index < -0.39 is 11.6 Å². The molecular weight excluding hydrogens is 300 g/mol. The maximum atomic E-state index is 13.9. The van der Waals surface area contributed by atoms with Crippen LogP contribution in [0.2, 0.25) is 0 Å². The molecule has 0 aliphatic heterocycles. The third-order valence-corrected chi connectivity index (χ3v) is 4.37. The summed E-state index contributed by atoms with van der Waals surface area (Å²) in [4.78, 5) is 2.26. The molecule has 0 bridgehead atoms. The average Bonchev–Trinajstić information content (AvgIpc) is 3.19. The van der Waals surface area contributed by atoms with Crippen LogP contribution in [0.25, 0.3) is 0 Å². The molecule has 2 aliphatic carbocycles. The van der Waals surface area contributed by atoms with Gasteiger partial charge in [0, 0.05) is 24.7 Å². The molecule has 2 aliphatic rings. The van der Waals surface area contributed by atoms with Gasteiger partial charge in [-0.25, -0.2) is 8.78 Å². The number of benzene rings is 1. The minimum Gasteiger partial charge on any atom is -0.296 e. The van der Waals surface area contributed by atoms with Crippen LogP contribution in [0.15, 0.2) is 16.6 Å². The molecule has 1 aromatic carbocycles. The van der Waals surface area contributed by atoms with E-state index in [9.17, 15) is 8.78 Å². The molecule has 0 atom stereocenters. The molecule has 0 unspecified atom stereocenters. The van der Waals surface area contributed by atoms with Crippen LogP contribution >= 0.6 is 15.9 Å². The van der Waals surface area contributed by atoms with Gasteiger partial charge in [0.1, 0.15) is 11.6 Å². The summed E-state index contributed by atoms with van der Waals surface area (Å²) in [5, 5.41) is 0. The van der Waals surface area contributed by atoms with Crippen LogP contribution in [0.3, 0.4) is 0 Å². The summed E-state index contributed by atoms with van der Waals surface area (Å²) in [7, 11) is 0. The van der Waals surface area contributed by atoms with Crippen molar-refractivity contribution in [2.75, 3.05) is 6.54 Å². The highest BCUT2D eigenvalue weighted by molar-refractivity contribution is 9.10. The van der Waals surface area contributed by atoms with Crippen molar-refractivity contribution in [2.24, 2.45) is 5.92 Å². The van der Waals surface area contributed by atoms with Gasteiger partial charge in [0.2, 0.25) is 0 Å². The molecule has 0 radical (unpaired) electrons. The zero-order chi connectivity index (χ0) is 12.7. The van der Waals surface area contributed by atoms with Crippen molar-refractivity contribution < 1.29 is 8.78 Å². The lowest BCUT2D eigenvalue weighted by molar-refractivity contribution is 0.237. The van der Waals surface area contributed by atoms with Gasteiger partial charge in [0.15, 0.2) is 0 Å². The van der Waals surface area contributed by atoms with Crippen molar-refractivity contribution in [1.82, 2.24) is 4.90 Å². The molecule has 0 N–H and O–H groups in total. The molecular formula is C14H16BrF2N. The lowest BCUT2D eigenvalue weighted by atomic mass is 10.1. The molecule has 0 saturated heterocycles. The maximum Gasteiger partial charge on any atom is 0.144 e. The third kappa shape index (κ3) is 2.75. The summed E-state index contributed by atoms with van der Waals surface area (Å²) in [5.41, 5.74) is 0.205. The quantitative estimate of drug-likeness (QED) is 0.739. The number of halogens is 3. The van der Waals surface area contributed by atoms with E-state index in [1.807, 2.05) is 0 Å². The number of hydrogen-bond acceptors (Lipinski definition) is 1. The second kappa shape index (κ2) is 4.89. The van der Waals surface area contributed by atoms with Gasteiger partial charge in [-0.2, -0.15) is 0 Å². The molecule has 3 rings (SSSR count). The first-order valence-electron chi connectivity index (χ1n) is 6.51. The SMILES string of the molecule is Fc1ccc(Br)c(F)c1CN(CC1CC1)C1CC1. The first-order valence-corrected chi connectivity index (χ1v) is 7.31. The standard InChI is InChI=1S/C14H16BrF2N/c15-12-5-6-13(16)11(14(12)17)8-18(10-3-4-10)7-9-1-2-9/h5-6,9-10H,1-4,7-8H2. The smallest absolute Gasteiger partial charge is 0.144 e. The highest BCUT2D eigenvalue weighted by Gasteiger charge is 2.34. The fraction of sp³-hybridized carbons (Fsp3) is 0.571. The summed E-state index contributed by atoms with van der Waals surface area (Å²) in [6.45, 7) is 1.40. The van der Waals surface area contributed by atoms with Crippen LogP contribution in [-0.4, -0.2) is 17.5 Å². The van der Waals surface area contributed by atoms with Gasteiger partial charge < -0.3 is 0 Å². The van der Waals surface area contributed by atoms with E-state index in [0.717, 1.165) is 12.5 Å². The van der Waals surface area contributed by atoms with Gasteiger partial charge in [-0.15, -0.1) is 0 Å². The summed E-state index contributed by atoms with van der Waals surface area (Å²) >= 11 is 3.13. The van der Waals surface area contributed by atoms with E-state index in [4.69, 9.17) is 0 Å². The number of hydrogen-bond donors (Lipinski definition) is 0. The van der Waals surface area contributed by atoms with Gasteiger partial charge >= 0.3 is 0 Å². The summed E-state index contributed by atoms with van der Waals surface area (Å²) in [6, 6.07) is 3.31. The predicted molar refractivity (Wildman–Crippen MR) is 70.2 cm³/mol. The van der Waals surface area contributed by atoms with Crippen molar-refractivity contribution in [3.8, 4) is 0 Å². The summed E-state index contributed by atoms with van der Waals surface area (Å²) in [6.07, 6.45) is 4.88. The molecule has 0 amide bonds. The largest absolute Gasteiger partial charge is 0.296 e. The Kier molecular flexibility index (Phi) is 3.41. The normalized spacial score (nSPS) is 19.6. The van der Waals surface area contributed by atoms with Gasteiger partial charge in [-0.3, -0.25) is 4.90 Å². The molecule has 2 saturated carbocycles. The molecule has 0 aromatic heterocycles. The van der Waals surface area contributed by atoms with E-state index in [0.29, 0.717) is 17.1 Å². The maximum absolute atomic E-state index is 13.9.